The SMILES string of the molecule is N#Cc1c(N)nc2c(c1-c1cc(I)c(OCc3ccccc3)c(I)c1)CCCC2. The van der Waals surface area contributed by atoms with E-state index in [0.29, 0.717) is 18.0 Å². The average Bonchev–Trinajstić information content (AvgIpc) is 2.72. The van der Waals surface area contributed by atoms with Crippen molar-refractivity contribution in [2.75, 3.05) is 5.73 Å². The van der Waals surface area contributed by atoms with Gasteiger partial charge in [0.1, 0.15) is 29.8 Å². The van der Waals surface area contributed by atoms with Crippen LogP contribution < -0.4 is 10.5 Å². The lowest BCUT2D eigenvalue weighted by molar-refractivity contribution is 0.302. The number of anilines is 1. The molecule has 0 fully saturated rings. The van der Waals surface area contributed by atoms with Gasteiger partial charge < -0.3 is 10.5 Å². The van der Waals surface area contributed by atoms with Gasteiger partial charge in [0.2, 0.25) is 0 Å². The lowest BCUT2D eigenvalue weighted by atomic mass is 9.86. The molecule has 0 bridgehead atoms. The molecule has 4 rings (SSSR count). The van der Waals surface area contributed by atoms with Crippen molar-refractivity contribution in [3.8, 4) is 22.9 Å². The molecule has 2 N–H and O–H groups in total. The van der Waals surface area contributed by atoms with Gasteiger partial charge in [0.15, 0.2) is 0 Å². The molecule has 3 aromatic rings. The first-order chi connectivity index (χ1) is 14.1. The van der Waals surface area contributed by atoms with Crippen LogP contribution in [0, 0.1) is 18.5 Å². The van der Waals surface area contributed by atoms with Gasteiger partial charge in [-0.1, -0.05) is 30.3 Å². The lowest BCUT2D eigenvalue weighted by Crippen LogP contribution is -2.12. The summed E-state index contributed by atoms with van der Waals surface area (Å²) in [7, 11) is 0. The maximum atomic E-state index is 9.77. The quantitative estimate of drug-likeness (QED) is 0.377. The van der Waals surface area contributed by atoms with Gasteiger partial charge in [-0.05, 0) is 99.7 Å². The van der Waals surface area contributed by atoms with E-state index in [9.17, 15) is 5.26 Å². The first kappa shape index (κ1) is 20.4. The molecule has 0 amide bonds. The summed E-state index contributed by atoms with van der Waals surface area (Å²) >= 11 is 4.62. The largest absolute Gasteiger partial charge is 0.487 e. The molecule has 1 aliphatic rings. The second-order valence-electron chi connectivity index (χ2n) is 7.03. The molecule has 29 heavy (non-hydrogen) atoms. The Hall–Kier alpha value is -1.86. The van der Waals surface area contributed by atoms with Gasteiger partial charge in [-0.25, -0.2) is 4.98 Å². The van der Waals surface area contributed by atoms with Crippen molar-refractivity contribution < 1.29 is 4.74 Å². The highest BCUT2D eigenvalue weighted by Crippen LogP contribution is 2.39. The van der Waals surface area contributed by atoms with E-state index in [4.69, 9.17) is 10.5 Å². The summed E-state index contributed by atoms with van der Waals surface area (Å²) in [6.45, 7) is 0.521. The minimum Gasteiger partial charge on any atom is -0.487 e. The highest BCUT2D eigenvalue weighted by molar-refractivity contribution is 14.1. The molecule has 6 heteroatoms. The molecule has 0 aliphatic heterocycles. The third-order valence-corrected chi connectivity index (χ3v) is 6.73. The van der Waals surface area contributed by atoms with Crippen molar-refractivity contribution in [3.63, 3.8) is 0 Å². The second-order valence-corrected chi connectivity index (χ2v) is 9.36. The number of benzene rings is 2. The van der Waals surface area contributed by atoms with Crippen LogP contribution in [0.3, 0.4) is 0 Å². The van der Waals surface area contributed by atoms with E-state index < -0.39 is 0 Å². The van der Waals surface area contributed by atoms with Crippen molar-refractivity contribution in [2.24, 2.45) is 0 Å². The number of nitrogens with two attached hydrogens (primary N) is 1. The molecular formula is C23H19I2N3O. The molecule has 1 aliphatic carbocycles. The minimum atomic E-state index is 0.331. The van der Waals surface area contributed by atoms with Crippen LogP contribution in [0.25, 0.3) is 11.1 Å². The van der Waals surface area contributed by atoms with Crippen molar-refractivity contribution in [1.29, 1.82) is 5.26 Å². The van der Waals surface area contributed by atoms with E-state index in [-0.39, 0.29) is 0 Å². The molecule has 0 saturated carbocycles. The number of hydrogen-bond acceptors (Lipinski definition) is 4. The Labute approximate surface area is 197 Å². The summed E-state index contributed by atoms with van der Waals surface area (Å²) in [4.78, 5) is 4.52. The molecule has 1 aromatic heterocycles. The molecule has 0 radical (unpaired) electrons. The van der Waals surface area contributed by atoms with Crippen LogP contribution in [0.1, 0.15) is 35.2 Å². The molecule has 1 heterocycles. The number of nitrogen functional groups attached to an aromatic ring is 1. The fraction of sp³-hybridized carbons (Fsp3) is 0.217. The fourth-order valence-electron chi connectivity index (χ4n) is 3.77. The van der Waals surface area contributed by atoms with Gasteiger partial charge in [0.05, 0.1) is 7.14 Å². The van der Waals surface area contributed by atoms with Crippen molar-refractivity contribution in [2.45, 2.75) is 32.3 Å². The van der Waals surface area contributed by atoms with Gasteiger partial charge >= 0.3 is 0 Å². The molecule has 0 saturated heterocycles. The number of aromatic nitrogens is 1. The van der Waals surface area contributed by atoms with E-state index in [0.717, 1.165) is 61.0 Å². The smallest absolute Gasteiger partial charge is 0.146 e. The molecule has 2 aromatic carbocycles. The van der Waals surface area contributed by atoms with Crippen LogP contribution in [0.5, 0.6) is 5.75 Å². The zero-order chi connectivity index (χ0) is 20.4. The summed E-state index contributed by atoms with van der Waals surface area (Å²) < 4.78 is 8.16. The van der Waals surface area contributed by atoms with E-state index >= 15 is 0 Å². The Balaban J connectivity index is 1.76. The number of rotatable bonds is 4. The Morgan fingerprint density at radius 2 is 1.76 bits per heavy atom. The number of nitriles is 1. The molecule has 4 nitrogen and oxygen atoms in total. The Bertz CT molecular complexity index is 1080. The van der Waals surface area contributed by atoms with Crippen molar-refractivity contribution in [1.82, 2.24) is 4.98 Å². The third-order valence-electron chi connectivity index (χ3n) is 5.13. The Morgan fingerprint density at radius 1 is 1.07 bits per heavy atom. The van der Waals surface area contributed by atoms with Crippen molar-refractivity contribution >= 4 is 51.0 Å². The number of pyridine rings is 1. The van der Waals surface area contributed by atoms with Gasteiger partial charge in [-0.3, -0.25) is 0 Å². The summed E-state index contributed by atoms with van der Waals surface area (Å²) in [5.74, 6) is 1.20. The number of ether oxygens (including phenoxy) is 1. The first-order valence-electron chi connectivity index (χ1n) is 9.46. The number of aryl methyl sites for hydroxylation is 1. The van der Waals surface area contributed by atoms with Crippen LogP contribution in [-0.4, -0.2) is 4.98 Å². The third kappa shape index (κ3) is 4.21. The summed E-state index contributed by atoms with van der Waals surface area (Å²) in [6.07, 6.45) is 4.09. The molecule has 146 valence electrons. The maximum Gasteiger partial charge on any atom is 0.146 e. The van der Waals surface area contributed by atoms with Crippen LogP contribution in [-0.2, 0) is 19.4 Å². The highest BCUT2D eigenvalue weighted by Gasteiger charge is 2.23. The van der Waals surface area contributed by atoms with E-state index in [1.54, 1.807) is 0 Å². The molecular weight excluding hydrogens is 588 g/mol. The number of halogens is 2. The van der Waals surface area contributed by atoms with Crippen LogP contribution >= 0.6 is 45.2 Å². The molecule has 0 spiro atoms. The second kappa shape index (κ2) is 8.88. The summed E-state index contributed by atoms with van der Waals surface area (Å²) in [5, 5.41) is 9.77. The molecule has 0 atom stereocenters. The number of nitrogens with zero attached hydrogens (tertiary/aromatic N) is 2. The van der Waals surface area contributed by atoms with E-state index in [2.05, 4.69) is 80.5 Å². The highest BCUT2D eigenvalue weighted by atomic mass is 127. The predicted molar refractivity (Wildman–Crippen MR) is 132 cm³/mol. The normalized spacial score (nSPS) is 12.9. The van der Waals surface area contributed by atoms with E-state index in [1.807, 2.05) is 18.2 Å². The van der Waals surface area contributed by atoms with Crippen LogP contribution in [0.15, 0.2) is 42.5 Å². The Kier molecular flexibility index (Phi) is 6.25. The Morgan fingerprint density at radius 3 is 2.45 bits per heavy atom. The zero-order valence-electron chi connectivity index (χ0n) is 15.7. The van der Waals surface area contributed by atoms with Gasteiger partial charge in [-0.15, -0.1) is 0 Å². The number of hydrogen-bond donors (Lipinski definition) is 1. The molecule has 0 unspecified atom stereocenters. The lowest BCUT2D eigenvalue weighted by Gasteiger charge is -2.22. The zero-order valence-corrected chi connectivity index (χ0v) is 20.0. The van der Waals surface area contributed by atoms with E-state index in [1.165, 1.54) is 5.56 Å². The van der Waals surface area contributed by atoms with Gasteiger partial charge in [-0.2, -0.15) is 5.26 Å². The fourth-order valence-corrected chi connectivity index (χ4v) is 5.85. The topological polar surface area (TPSA) is 71.9 Å². The van der Waals surface area contributed by atoms with Gasteiger partial charge in [0.25, 0.3) is 0 Å². The minimum absolute atomic E-state index is 0.331. The standard InChI is InChI=1S/C23H19I2N3O/c24-18-10-15(11-19(25)22(18)29-13-14-6-2-1-3-7-14)21-16-8-4-5-9-20(16)28-23(27)17(21)12-26/h1-3,6-7,10-11H,4-5,8-9,13H2,(H2,27,28). The van der Waals surface area contributed by atoms with Gasteiger partial charge in [0, 0.05) is 11.3 Å². The summed E-state index contributed by atoms with van der Waals surface area (Å²) in [5.41, 5.74) is 11.9. The predicted octanol–water partition coefficient (Wildman–Crippen LogP) is 5.87. The average molecular weight is 607 g/mol. The maximum absolute atomic E-state index is 9.77. The van der Waals surface area contributed by atoms with Crippen LogP contribution in [0.4, 0.5) is 5.82 Å². The monoisotopic (exact) mass is 607 g/mol. The van der Waals surface area contributed by atoms with Crippen LogP contribution in [0.2, 0.25) is 0 Å². The van der Waals surface area contributed by atoms with Crippen molar-refractivity contribution in [3.05, 3.63) is 72.0 Å². The summed E-state index contributed by atoms with van der Waals surface area (Å²) in [6, 6.07) is 16.6. The number of fused-ring (bicyclic) bond motifs is 1. The first-order valence-corrected chi connectivity index (χ1v) is 11.6.